The van der Waals surface area contributed by atoms with Crippen molar-refractivity contribution in [1.82, 2.24) is 19.6 Å². The predicted octanol–water partition coefficient (Wildman–Crippen LogP) is 0.964. The molecule has 3 heterocycles. The number of pyridine rings is 1. The molecule has 0 bridgehead atoms. The molecule has 2 aromatic rings. The summed E-state index contributed by atoms with van der Waals surface area (Å²) in [6.45, 7) is 8.76. The number of carbonyl (C=O) groups excluding carboxylic acids is 1. The van der Waals surface area contributed by atoms with E-state index in [0.29, 0.717) is 24.6 Å². The number of hydrogen-bond donors (Lipinski definition) is 1. The van der Waals surface area contributed by atoms with E-state index in [1.54, 1.807) is 12.3 Å². The molecular weight excluding hydrogens is 368 g/mol. The second-order valence-electron chi connectivity index (χ2n) is 7.00. The van der Waals surface area contributed by atoms with Crippen LogP contribution in [0, 0.1) is 18.3 Å². The van der Waals surface area contributed by atoms with Gasteiger partial charge >= 0.3 is 0 Å². The van der Waals surface area contributed by atoms with Crippen molar-refractivity contribution in [2.24, 2.45) is 0 Å². The summed E-state index contributed by atoms with van der Waals surface area (Å²) in [7, 11) is 2.04. The Balaban J connectivity index is 2.19. The molecule has 1 amide bonds. The van der Waals surface area contributed by atoms with Gasteiger partial charge in [0.05, 0.1) is 5.56 Å². The van der Waals surface area contributed by atoms with E-state index in [9.17, 15) is 14.9 Å². The number of anilines is 1. The third-order valence-corrected chi connectivity index (χ3v) is 4.93. The highest BCUT2D eigenvalue weighted by Gasteiger charge is 2.22. The van der Waals surface area contributed by atoms with Gasteiger partial charge in [0.15, 0.2) is 0 Å². The van der Waals surface area contributed by atoms with Gasteiger partial charge in [0.2, 0.25) is 0 Å². The maximum Gasteiger partial charge on any atom is 0.267 e. The number of piperazine rings is 1. The molecule has 3 rings (SSSR count). The Morgan fingerprint density at radius 2 is 2.10 bits per heavy atom. The lowest BCUT2D eigenvalue weighted by Crippen LogP contribution is -2.45. The summed E-state index contributed by atoms with van der Waals surface area (Å²) in [5.41, 5.74) is 1.23. The van der Waals surface area contributed by atoms with Gasteiger partial charge in [-0.05, 0) is 31.7 Å². The van der Waals surface area contributed by atoms with Crippen LogP contribution in [-0.2, 0) is 4.79 Å². The maximum absolute atomic E-state index is 13.3. The molecule has 0 aromatic carbocycles. The zero-order valence-corrected chi connectivity index (χ0v) is 16.7. The van der Waals surface area contributed by atoms with Gasteiger partial charge in [0.1, 0.15) is 23.1 Å². The molecule has 150 valence electrons. The Bertz CT molecular complexity index is 1070. The van der Waals surface area contributed by atoms with Crippen molar-refractivity contribution in [2.75, 3.05) is 44.7 Å². The third kappa shape index (κ3) is 4.20. The van der Waals surface area contributed by atoms with Crippen molar-refractivity contribution in [1.29, 1.82) is 5.26 Å². The highest BCUT2D eigenvalue weighted by molar-refractivity contribution is 6.02. The molecule has 1 aliphatic heterocycles. The van der Waals surface area contributed by atoms with Crippen LogP contribution in [0.25, 0.3) is 11.7 Å². The fraction of sp³-hybridized carbons (Fsp3) is 0.333. The van der Waals surface area contributed by atoms with Crippen LogP contribution in [0.1, 0.15) is 11.1 Å². The molecule has 8 nitrogen and oxygen atoms in total. The van der Waals surface area contributed by atoms with Crippen LogP contribution in [0.2, 0.25) is 0 Å². The average molecular weight is 392 g/mol. The normalized spacial score (nSPS) is 15.2. The van der Waals surface area contributed by atoms with Crippen molar-refractivity contribution in [3.63, 3.8) is 0 Å². The fourth-order valence-corrected chi connectivity index (χ4v) is 3.24. The molecule has 0 unspecified atom stereocenters. The molecule has 0 atom stereocenters. The second kappa shape index (κ2) is 8.71. The number of fused-ring (bicyclic) bond motifs is 1. The first kappa shape index (κ1) is 20.3. The Labute approximate surface area is 169 Å². The van der Waals surface area contributed by atoms with Crippen molar-refractivity contribution in [3.05, 3.63) is 58.0 Å². The van der Waals surface area contributed by atoms with E-state index in [1.807, 2.05) is 31.0 Å². The zero-order chi connectivity index (χ0) is 21.0. The van der Waals surface area contributed by atoms with E-state index in [1.165, 1.54) is 16.6 Å². The van der Waals surface area contributed by atoms with Crippen molar-refractivity contribution in [2.45, 2.75) is 6.92 Å². The van der Waals surface area contributed by atoms with E-state index in [2.05, 4.69) is 16.8 Å². The van der Waals surface area contributed by atoms with Gasteiger partial charge in [-0.3, -0.25) is 14.0 Å². The van der Waals surface area contributed by atoms with Gasteiger partial charge in [-0.2, -0.15) is 5.26 Å². The Morgan fingerprint density at radius 1 is 1.38 bits per heavy atom. The first-order chi connectivity index (χ1) is 14.0. The van der Waals surface area contributed by atoms with E-state index in [-0.39, 0.29) is 23.2 Å². The number of aromatic nitrogens is 2. The predicted molar refractivity (Wildman–Crippen MR) is 113 cm³/mol. The molecule has 1 saturated heterocycles. The average Bonchev–Trinajstić information content (AvgIpc) is 2.72. The van der Waals surface area contributed by atoms with Crippen molar-refractivity contribution < 1.29 is 4.79 Å². The number of nitriles is 1. The molecule has 0 radical (unpaired) electrons. The third-order valence-electron chi connectivity index (χ3n) is 4.93. The van der Waals surface area contributed by atoms with E-state index >= 15 is 0 Å². The van der Waals surface area contributed by atoms with Gasteiger partial charge in [0.25, 0.3) is 11.5 Å². The van der Waals surface area contributed by atoms with Crippen LogP contribution in [0.5, 0.6) is 0 Å². The van der Waals surface area contributed by atoms with Crippen molar-refractivity contribution in [3.8, 4) is 6.07 Å². The molecule has 1 N–H and O–H groups in total. The van der Waals surface area contributed by atoms with Crippen LogP contribution in [0.15, 0.2) is 41.4 Å². The lowest BCUT2D eigenvalue weighted by atomic mass is 10.1. The first-order valence-corrected chi connectivity index (χ1v) is 9.42. The summed E-state index contributed by atoms with van der Waals surface area (Å²) in [5.74, 6) is -0.0489. The molecule has 0 saturated carbocycles. The highest BCUT2D eigenvalue weighted by Crippen LogP contribution is 2.21. The Kier molecular flexibility index (Phi) is 6.10. The minimum Gasteiger partial charge on any atom is -0.353 e. The maximum atomic E-state index is 13.3. The largest absolute Gasteiger partial charge is 0.353 e. The summed E-state index contributed by atoms with van der Waals surface area (Å²) in [6.07, 6.45) is 4.51. The minimum absolute atomic E-state index is 0.145. The molecule has 1 fully saturated rings. The van der Waals surface area contributed by atoms with Crippen LogP contribution in [-0.4, -0.2) is 60.0 Å². The SMILES string of the molecule is C=CCNC(=O)/C(C#N)=C/c1c(N2CCN(C)CC2)nc2c(C)cccn2c1=O. The van der Waals surface area contributed by atoms with Crippen LogP contribution < -0.4 is 15.8 Å². The summed E-state index contributed by atoms with van der Waals surface area (Å²) in [4.78, 5) is 34.6. The number of carbonyl (C=O) groups is 1. The van der Waals surface area contributed by atoms with Gasteiger partial charge in [0, 0.05) is 38.9 Å². The lowest BCUT2D eigenvalue weighted by Gasteiger charge is -2.34. The van der Waals surface area contributed by atoms with E-state index in [4.69, 9.17) is 4.98 Å². The van der Waals surface area contributed by atoms with Crippen LogP contribution in [0.4, 0.5) is 5.82 Å². The Morgan fingerprint density at radius 3 is 2.76 bits per heavy atom. The molecule has 2 aromatic heterocycles. The minimum atomic E-state index is -0.550. The number of aryl methyl sites for hydroxylation is 1. The molecule has 29 heavy (non-hydrogen) atoms. The van der Waals surface area contributed by atoms with Crippen LogP contribution >= 0.6 is 0 Å². The van der Waals surface area contributed by atoms with Gasteiger partial charge in [-0.25, -0.2) is 4.98 Å². The lowest BCUT2D eigenvalue weighted by molar-refractivity contribution is -0.116. The molecule has 1 aliphatic rings. The van der Waals surface area contributed by atoms with Gasteiger partial charge < -0.3 is 15.1 Å². The quantitative estimate of drug-likeness (QED) is 0.463. The molecule has 8 heteroatoms. The number of rotatable bonds is 5. The summed E-state index contributed by atoms with van der Waals surface area (Å²) >= 11 is 0. The second-order valence-corrected chi connectivity index (χ2v) is 7.00. The van der Waals surface area contributed by atoms with E-state index in [0.717, 1.165) is 18.7 Å². The van der Waals surface area contributed by atoms with Gasteiger partial charge in [-0.1, -0.05) is 12.1 Å². The van der Waals surface area contributed by atoms with Gasteiger partial charge in [-0.15, -0.1) is 6.58 Å². The summed E-state index contributed by atoms with van der Waals surface area (Å²) < 4.78 is 1.46. The summed E-state index contributed by atoms with van der Waals surface area (Å²) in [5, 5.41) is 12.1. The molecule has 0 aliphatic carbocycles. The number of hydrogen-bond acceptors (Lipinski definition) is 6. The van der Waals surface area contributed by atoms with E-state index < -0.39 is 5.91 Å². The molecule has 0 spiro atoms. The zero-order valence-electron chi connectivity index (χ0n) is 16.7. The number of nitrogens with one attached hydrogen (secondary N) is 1. The molecular formula is C21H24N6O2. The monoisotopic (exact) mass is 392 g/mol. The summed E-state index contributed by atoms with van der Waals surface area (Å²) in [6, 6.07) is 5.57. The number of likely N-dealkylation sites (N-methyl/N-ethyl adjacent to an activating group) is 1. The Hall–Kier alpha value is -3.44. The number of amides is 1. The standard InChI is InChI=1S/C21H24N6O2/c1-4-7-23-20(28)16(14-22)13-17-19(26-11-9-25(3)10-12-26)24-18-15(2)6-5-8-27(18)21(17)29/h4-6,8,13H,1,7,9-12H2,2-3H3,(H,23,28)/b16-13+. The van der Waals surface area contributed by atoms with Crippen LogP contribution in [0.3, 0.4) is 0 Å². The smallest absolute Gasteiger partial charge is 0.267 e. The highest BCUT2D eigenvalue weighted by atomic mass is 16.1. The fourth-order valence-electron chi connectivity index (χ4n) is 3.24. The van der Waals surface area contributed by atoms with Crippen molar-refractivity contribution >= 4 is 23.4 Å². The first-order valence-electron chi connectivity index (χ1n) is 9.42. The topological polar surface area (TPSA) is 93.7 Å². The number of nitrogens with zero attached hydrogens (tertiary/aromatic N) is 5.